The lowest BCUT2D eigenvalue weighted by atomic mass is 9.96. The second kappa shape index (κ2) is 6.55. The molecule has 10 heteroatoms. The zero-order valence-electron chi connectivity index (χ0n) is 15.4. The molecule has 1 aliphatic heterocycles. The van der Waals surface area contributed by atoms with Crippen molar-refractivity contribution in [3.05, 3.63) is 59.2 Å². The topological polar surface area (TPSA) is 99.0 Å². The maximum atomic E-state index is 12.3. The van der Waals surface area contributed by atoms with Crippen LogP contribution in [0.5, 0.6) is 0 Å². The van der Waals surface area contributed by atoms with E-state index in [0.717, 1.165) is 31.8 Å². The van der Waals surface area contributed by atoms with Gasteiger partial charge in [-0.2, -0.15) is 9.61 Å². The van der Waals surface area contributed by atoms with E-state index in [9.17, 15) is 4.79 Å². The monoisotopic (exact) mass is 377 g/mol. The molecular weight excluding hydrogens is 358 g/mol. The zero-order valence-corrected chi connectivity index (χ0v) is 15.4. The number of nitrogens with zero attached hydrogens (tertiary/aromatic N) is 9. The Morgan fingerprint density at radius 2 is 1.93 bits per heavy atom. The van der Waals surface area contributed by atoms with Crippen LogP contribution in [0.2, 0.25) is 0 Å². The first kappa shape index (κ1) is 16.6. The van der Waals surface area contributed by atoms with Crippen LogP contribution >= 0.6 is 0 Å². The van der Waals surface area contributed by atoms with Crippen molar-refractivity contribution in [2.45, 2.75) is 18.8 Å². The van der Waals surface area contributed by atoms with Crippen molar-refractivity contribution >= 4 is 11.5 Å². The normalized spacial score (nSPS) is 15.4. The molecule has 10 nitrogen and oxygen atoms in total. The van der Waals surface area contributed by atoms with Crippen LogP contribution in [0.25, 0.3) is 11.5 Å². The molecule has 5 rings (SSSR count). The first-order chi connectivity index (χ1) is 13.7. The number of hydrogen-bond acceptors (Lipinski definition) is 7. The van der Waals surface area contributed by atoms with E-state index in [0.29, 0.717) is 17.3 Å². The molecule has 0 radical (unpaired) electrons. The highest BCUT2D eigenvalue weighted by Crippen LogP contribution is 2.28. The first-order valence-corrected chi connectivity index (χ1v) is 9.19. The largest absolute Gasteiger partial charge is 0.352 e. The molecule has 0 amide bonds. The molecule has 5 heterocycles. The minimum absolute atomic E-state index is 0.0700. The Bertz CT molecular complexity index is 1170. The summed E-state index contributed by atoms with van der Waals surface area (Å²) in [5.41, 5.74) is 0.645. The van der Waals surface area contributed by atoms with Crippen LogP contribution in [0, 0.1) is 0 Å². The van der Waals surface area contributed by atoms with Gasteiger partial charge in [0.25, 0.3) is 5.56 Å². The molecule has 28 heavy (non-hydrogen) atoms. The summed E-state index contributed by atoms with van der Waals surface area (Å²) < 4.78 is 5.07. The third-order valence-electron chi connectivity index (χ3n) is 5.17. The van der Waals surface area contributed by atoms with Crippen molar-refractivity contribution in [2.75, 3.05) is 18.0 Å². The molecule has 0 atom stereocenters. The summed E-state index contributed by atoms with van der Waals surface area (Å²) in [5, 5.41) is 17.6. The fourth-order valence-electron chi connectivity index (χ4n) is 3.63. The second-order valence-corrected chi connectivity index (χ2v) is 6.90. The summed E-state index contributed by atoms with van der Waals surface area (Å²) in [7, 11) is 1.74. The van der Waals surface area contributed by atoms with Gasteiger partial charge < -0.3 is 9.47 Å². The van der Waals surface area contributed by atoms with E-state index in [1.165, 1.54) is 0 Å². The SMILES string of the molecule is Cn1ccnc(N2CCC(c3nnc4ccc(-n5cccn5)nn34)CC2)c1=O. The van der Waals surface area contributed by atoms with Crippen molar-refractivity contribution in [2.24, 2.45) is 7.05 Å². The summed E-state index contributed by atoms with van der Waals surface area (Å²) in [5.74, 6) is 2.29. The van der Waals surface area contributed by atoms with E-state index in [1.807, 2.05) is 29.3 Å². The Kier molecular flexibility index (Phi) is 3.89. The summed E-state index contributed by atoms with van der Waals surface area (Å²) in [4.78, 5) is 18.6. The number of piperidine rings is 1. The summed E-state index contributed by atoms with van der Waals surface area (Å²) in [6.45, 7) is 1.48. The standard InChI is InChI=1S/C18H19N9O/c1-24-12-8-19-17(18(24)28)25-10-5-13(6-11-25)16-22-21-14-3-4-15(23-27(14)16)26-9-2-7-20-26/h2-4,7-9,12-13H,5-6,10-11H2,1H3. The molecule has 4 aromatic rings. The predicted octanol–water partition coefficient (Wildman–Crippen LogP) is 0.788. The minimum atomic E-state index is -0.0700. The highest BCUT2D eigenvalue weighted by molar-refractivity contribution is 5.40. The predicted molar refractivity (Wildman–Crippen MR) is 102 cm³/mol. The average Bonchev–Trinajstić information content (AvgIpc) is 3.40. The number of aromatic nitrogens is 8. The van der Waals surface area contributed by atoms with Crippen LogP contribution in [-0.2, 0) is 7.05 Å². The van der Waals surface area contributed by atoms with Gasteiger partial charge in [0.1, 0.15) is 0 Å². The second-order valence-electron chi connectivity index (χ2n) is 6.90. The fourth-order valence-corrected chi connectivity index (χ4v) is 3.63. The quantitative estimate of drug-likeness (QED) is 0.520. The van der Waals surface area contributed by atoms with Gasteiger partial charge in [0.15, 0.2) is 23.1 Å². The van der Waals surface area contributed by atoms with E-state index in [4.69, 9.17) is 0 Å². The van der Waals surface area contributed by atoms with Gasteiger partial charge >= 0.3 is 0 Å². The van der Waals surface area contributed by atoms with E-state index in [2.05, 4.69) is 25.4 Å². The lowest BCUT2D eigenvalue weighted by molar-refractivity contribution is 0.473. The number of aryl methyl sites for hydroxylation is 1. The van der Waals surface area contributed by atoms with Crippen LogP contribution in [0.4, 0.5) is 5.82 Å². The maximum Gasteiger partial charge on any atom is 0.293 e. The molecule has 0 spiro atoms. The van der Waals surface area contributed by atoms with Gasteiger partial charge in [-0.1, -0.05) is 0 Å². The minimum Gasteiger partial charge on any atom is -0.352 e. The van der Waals surface area contributed by atoms with Crippen LogP contribution in [0.3, 0.4) is 0 Å². The molecule has 1 saturated heterocycles. The Hall–Kier alpha value is -3.56. The Morgan fingerprint density at radius 1 is 1.07 bits per heavy atom. The van der Waals surface area contributed by atoms with Gasteiger partial charge in [-0.25, -0.2) is 9.67 Å². The van der Waals surface area contributed by atoms with Crippen molar-refractivity contribution in [3.63, 3.8) is 0 Å². The molecule has 0 aromatic carbocycles. The highest BCUT2D eigenvalue weighted by Gasteiger charge is 2.27. The van der Waals surface area contributed by atoms with Crippen LogP contribution in [0.1, 0.15) is 24.6 Å². The summed E-state index contributed by atoms with van der Waals surface area (Å²) >= 11 is 0. The van der Waals surface area contributed by atoms with Gasteiger partial charge in [0, 0.05) is 50.8 Å². The third kappa shape index (κ3) is 2.73. The van der Waals surface area contributed by atoms with Crippen LogP contribution < -0.4 is 10.5 Å². The van der Waals surface area contributed by atoms with Gasteiger partial charge in [-0.3, -0.25) is 4.79 Å². The number of hydrogen-bond donors (Lipinski definition) is 0. The Labute approximate surface area is 160 Å². The Morgan fingerprint density at radius 3 is 2.71 bits per heavy atom. The van der Waals surface area contributed by atoms with Gasteiger partial charge in [-0.05, 0) is 31.0 Å². The van der Waals surface area contributed by atoms with Crippen LogP contribution in [0.15, 0.2) is 47.8 Å². The number of fused-ring (bicyclic) bond motifs is 1. The van der Waals surface area contributed by atoms with Crippen LogP contribution in [-0.4, -0.2) is 52.2 Å². The average molecular weight is 377 g/mol. The third-order valence-corrected chi connectivity index (χ3v) is 5.17. The highest BCUT2D eigenvalue weighted by atomic mass is 16.1. The molecule has 0 aliphatic carbocycles. The lowest BCUT2D eigenvalue weighted by Gasteiger charge is -2.31. The molecular formula is C18H19N9O. The van der Waals surface area contributed by atoms with E-state index >= 15 is 0 Å². The van der Waals surface area contributed by atoms with Gasteiger partial charge in [0.2, 0.25) is 0 Å². The number of anilines is 1. The molecule has 0 unspecified atom stereocenters. The lowest BCUT2D eigenvalue weighted by Crippen LogP contribution is -2.38. The molecule has 4 aromatic heterocycles. The van der Waals surface area contributed by atoms with E-state index in [1.54, 1.807) is 39.4 Å². The number of rotatable bonds is 3. The van der Waals surface area contributed by atoms with Crippen molar-refractivity contribution in [1.29, 1.82) is 0 Å². The van der Waals surface area contributed by atoms with Gasteiger partial charge in [-0.15, -0.1) is 15.3 Å². The zero-order chi connectivity index (χ0) is 19.1. The molecule has 142 valence electrons. The van der Waals surface area contributed by atoms with Crippen molar-refractivity contribution in [3.8, 4) is 5.82 Å². The van der Waals surface area contributed by atoms with Crippen molar-refractivity contribution in [1.82, 2.24) is 39.1 Å². The van der Waals surface area contributed by atoms with Gasteiger partial charge in [0.05, 0.1) is 0 Å². The molecule has 0 saturated carbocycles. The van der Waals surface area contributed by atoms with E-state index in [-0.39, 0.29) is 11.5 Å². The molecule has 0 bridgehead atoms. The smallest absolute Gasteiger partial charge is 0.293 e. The first-order valence-electron chi connectivity index (χ1n) is 9.19. The molecule has 1 fully saturated rings. The van der Waals surface area contributed by atoms with Crippen molar-refractivity contribution < 1.29 is 0 Å². The molecule has 1 aliphatic rings. The summed E-state index contributed by atoms with van der Waals surface area (Å²) in [6, 6.07) is 5.63. The van der Waals surface area contributed by atoms with E-state index < -0.39 is 0 Å². The fraction of sp³-hybridized carbons (Fsp3) is 0.333. The Balaban J connectivity index is 1.40. The maximum absolute atomic E-state index is 12.3. The summed E-state index contributed by atoms with van der Waals surface area (Å²) in [6.07, 6.45) is 8.61. The molecule has 0 N–H and O–H groups in total.